The van der Waals surface area contributed by atoms with Crippen LogP contribution in [0.3, 0.4) is 0 Å². The summed E-state index contributed by atoms with van der Waals surface area (Å²) in [7, 11) is 0. The Labute approximate surface area is 138 Å². The standard InChI is InChI=1S/C17H20BrNOS/c1-17(2,3)11-13(12-7-5-4-6-8-12)19-16(20)14-9-10-15(18)21-14/h4-10,13H,11H2,1-3H3,(H,19,20). The molecule has 0 aliphatic carbocycles. The van der Waals surface area contributed by atoms with Crippen molar-refractivity contribution in [3.8, 4) is 0 Å². The number of carbonyl (C=O) groups excluding carboxylic acids is 1. The third kappa shape index (κ3) is 4.97. The minimum absolute atomic E-state index is 0.0104. The van der Waals surface area contributed by atoms with E-state index in [1.807, 2.05) is 30.3 Å². The van der Waals surface area contributed by atoms with Crippen LogP contribution in [-0.4, -0.2) is 5.91 Å². The molecule has 0 saturated heterocycles. The summed E-state index contributed by atoms with van der Waals surface area (Å²) in [6.45, 7) is 6.57. The number of hydrogen-bond acceptors (Lipinski definition) is 2. The van der Waals surface area contributed by atoms with Gasteiger partial charge in [0.25, 0.3) is 5.91 Å². The number of rotatable bonds is 4. The van der Waals surface area contributed by atoms with E-state index in [9.17, 15) is 4.79 Å². The zero-order chi connectivity index (χ0) is 15.5. The van der Waals surface area contributed by atoms with E-state index in [4.69, 9.17) is 0 Å². The summed E-state index contributed by atoms with van der Waals surface area (Å²) < 4.78 is 0.972. The molecule has 2 nitrogen and oxygen atoms in total. The average molecular weight is 366 g/mol. The first-order chi connectivity index (χ1) is 9.85. The maximum atomic E-state index is 12.4. The van der Waals surface area contributed by atoms with E-state index in [-0.39, 0.29) is 17.4 Å². The lowest BCUT2D eigenvalue weighted by Crippen LogP contribution is -2.30. The summed E-state index contributed by atoms with van der Waals surface area (Å²) in [5.74, 6) is -0.0104. The van der Waals surface area contributed by atoms with Crippen LogP contribution in [0.4, 0.5) is 0 Å². The summed E-state index contributed by atoms with van der Waals surface area (Å²) >= 11 is 4.85. The minimum atomic E-state index is -0.0104. The largest absolute Gasteiger partial charge is 0.345 e. The molecule has 1 atom stereocenters. The van der Waals surface area contributed by atoms with Crippen molar-refractivity contribution in [3.05, 3.63) is 56.7 Å². The highest BCUT2D eigenvalue weighted by Gasteiger charge is 2.22. The SMILES string of the molecule is CC(C)(C)CC(NC(=O)c1ccc(Br)s1)c1ccccc1. The van der Waals surface area contributed by atoms with Crippen LogP contribution in [-0.2, 0) is 0 Å². The smallest absolute Gasteiger partial charge is 0.261 e. The van der Waals surface area contributed by atoms with Gasteiger partial charge < -0.3 is 5.32 Å². The van der Waals surface area contributed by atoms with Crippen LogP contribution in [0.25, 0.3) is 0 Å². The van der Waals surface area contributed by atoms with Crippen molar-refractivity contribution in [2.24, 2.45) is 5.41 Å². The van der Waals surface area contributed by atoms with Crippen LogP contribution in [0.1, 0.15) is 48.5 Å². The van der Waals surface area contributed by atoms with E-state index in [0.717, 1.165) is 20.6 Å². The van der Waals surface area contributed by atoms with Gasteiger partial charge in [-0.05, 0) is 45.5 Å². The molecule has 1 heterocycles. The molecule has 112 valence electrons. The lowest BCUT2D eigenvalue weighted by molar-refractivity contribution is 0.0930. The van der Waals surface area contributed by atoms with Crippen LogP contribution >= 0.6 is 27.3 Å². The van der Waals surface area contributed by atoms with Gasteiger partial charge in [-0.1, -0.05) is 51.1 Å². The number of thiophene rings is 1. The maximum absolute atomic E-state index is 12.4. The number of halogens is 1. The molecule has 2 rings (SSSR count). The van der Waals surface area contributed by atoms with Gasteiger partial charge in [0.2, 0.25) is 0 Å². The quantitative estimate of drug-likeness (QED) is 0.769. The third-order valence-corrected chi connectivity index (χ3v) is 4.74. The fourth-order valence-electron chi connectivity index (χ4n) is 2.22. The molecule has 1 aromatic carbocycles. The Kier molecular flexibility index (Phi) is 5.22. The molecule has 0 saturated carbocycles. The topological polar surface area (TPSA) is 29.1 Å². The van der Waals surface area contributed by atoms with Crippen molar-refractivity contribution < 1.29 is 4.79 Å². The Morgan fingerprint density at radius 2 is 1.86 bits per heavy atom. The number of amides is 1. The van der Waals surface area contributed by atoms with Gasteiger partial charge >= 0.3 is 0 Å². The van der Waals surface area contributed by atoms with E-state index >= 15 is 0 Å². The first-order valence-electron chi connectivity index (χ1n) is 6.96. The molecule has 0 aliphatic heterocycles. The molecular formula is C17H20BrNOS. The van der Waals surface area contributed by atoms with Crippen LogP contribution in [0.15, 0.2) is 46.3 Å². The van der Waals surface area contributed by atoms with Crippen molar-refractivity contribution in [3.63, 3.8) is 0 Å². The van der Waals surface area contributed by atoms with Gasteiger partial charge in [0.15, 0.2) is 0 Å². The fraction of sp³-hybridized carbons (Fsp3) is 0.353. The van der Waals surface area contributed by atoms with Crippen molar-refractivity contribution in [1.29, 1.82) is 0 Å². The molecule has 1 aromatic heterocycles. The van der Waals surface area contributed by atoms with E-state index in [1.165, 1.54) is 11.3 Å². The molecule has 0 aliphatic rings. The lowest BCUT2D eigenvalue weighted by Gasteiger charge is -2.27. The molecule has 1 unspecified atom stereocenters. The predicted octanol–water partition coefficient (Wildman–Crippen LogP) is 5.42. The Bertz CT molecular complexity index is 601. The Hall–Kier alpha value is -1.13. The van der Waals surface area contributed by atoms with Gasteiger partial charge in [0, 0.05) is 0 Å². The van der Waals surface area contributed by atoms with Gasteiger partial charge in [-0.25, -0.2) is 0 Å². The number of nitrogens with one attached hydrogen (secondary N) is 1. The van der Waals surface area contributed by atoms with Crippen molar-refractivity contribution in [1.82, 2.24) is 5.32 Å². The van der Waals surface area contributed by atoms with Crippen LogP contribution in [0.5, 0.6) is 0 Å². The molecule has 0 spiro atoms. The van der Waals surface area contributed by atoms with E-state index in [2.05, 4.69) is 54.2 Å². The lowest BCUT2D eigenvalue weighted by atomic mass is 9.85. The molecule has 0 fully saturated rings. The van der Waals surface area contributed by atoms with E-state index < -0.39 is 0 Å². The molecule has 0 bridgehead atoms. The van der Waals surface area contributed by atoms with Gasteiger partial charge in [-0.15, -0.1) is 11.3 Å². The third-order valence-electron chi connectivity index (χ3n) is 3.12. The fourth-order valence-corrected chi connectivity index (χ4v) is 3.50. The minimum Gasteiger partial charge on any atom is -0.345 e. The molecule has 2 aromatic rings. The van der Waals surface area contributed by atoms with Gasteiger partial charge in [-0.3, -0.25) is 4.79 Å². The highest BCUT2D eigenvalue weighted by Crippen LogP contribution is 2.30. The second-order valence-electron chi connectivity index (χ2n) is 6.31. The van der Waals surface area contributed by atoms with Gasteiger partial charge in [0.05, 0.1) is 14.7 Å². The Morgan fingerprint density at radius 1 is 1.19 bits per heavy atom. The number of carbonyl (C=O) groups is 1. The van der Waals surface area contributed by atoms with E-state index in [0.29, 0.717) is 0 Å². The summed E-state index contributed by atoms with van der Waals surface area (Å²) in [6, 6.07) is 13.9. The monoisotopic (exact) mass is 365 g/mol. The highest BCUT2D eigenvalue weighted by molar-refractivity contribution is 9.11. The predicted molar refractivity (Wildman–Crippen MR) is 92.7 cm³/mol. The van der Waals surface area contributed by atoms with Crippen molar-refractivity contribution in [2.75, 3.05) is 0 Å². The van der Waals surface area contributed by atoms with Crippen molar-refractivity contribution in [2.45, 2.75) is 33.2 Å². The highest BCUT2D eigenvalue weighted by atomic mass is 79.9. The molecule has 1 N–H and O–H groups in total. The zero-order valence-corrected chi connectivity index (χ0v) is 14.9. The van der Waals surface area contributed by atoms with Crippen LogP contribution in [0, 0.1) is 5.41 Å². The normalized spacial score (nSPS) is 13.0. The summed E-state index contributed by atoms with van der Waals surface area (Å²) in [5.41, 5.74) is 1.29. The van der Waals surface area contributed by atoms with Gasteiger partial charge in [-0.2, -0.15) is 0 Å². The summed E-state index contributed by atoms with van der Waals surface area (Å²) in [4.78, 5) is 13.1. The number of benzene rings is 1. The Morgan fingerprint density at radius 3 is 2.38 bits per heavy atom. The molecule has 0 radical (unpaired) electrons. The second-order valence-corrected chi connectivity index (χ2v) is 8.77. The van der Waals surface area contributed by atoms with E-state index in [1.54, 1.807) is 0 Å². The second kappa shape index (κ2) is 6.75. The zero-order valence-electron chi connectivity index (χ0n) is 12.5. The maximum Gasteiger partial charge on any atom is 0.261 e. The Balaban J connectivity index is 2.18. The summed E-state index contributed by atoms with van der Waals surface area (Å²) in [5, 5.41) is 3.17. The first-order valence-corrected chi connectivity index (χ1v) is 8.57. The summed E-state index contributed by atoms with van der Waals surface area (Å²) in [6.07, 6.45) is 0.898. The van der Waals surface area contributed by atoms with Crippen LogP contribution in [0.2, 0.25) is 0 Å². The molecule has 4 heteroatoms. The van der Waals surface area contributed by atoms with Gasteiger partial charge in [0.1, 0.15) is 0 Å². The first kappa shape index (κ1) is 16.2. The average Bonchev–Trinajstić information content (AvgIpc) is 2.84. The van der Waals surface area contributed by atoms with Crippen LogP contribution < -0.4 is 5.32 Å². The molecular weight excluding hydrogens is 346 g/mol. The molecule has 21 heavy (non-hydrogen) atoms. The molecule has 1 amide bonds. The van der Waals surface area contributed by atoms with Crippen molar-refractivity contribution >= 4 is 33.2 Å². The number of hydrogen-bond donors (Lipinski definition) is 1.